The van der Waals surface area contributed by atoms with Gasteiger partial charge in [-0.05, 0) is 44.4 Å². The average Bonchev–Trinajstić information content (AvgIpc) is 2.93. The number of carbonyl (C=O) groups is 1. The van der Waals surface area contributed by atoms with Gasteiger partial charge in [-0.3, -0.25) is 0 Å². The van der Waals surface area contributed by atoms with Crippen LogP contribution in [0.3, 0.4) is 0 Å². The van der Waals surface area contributed by atoms with Crippen molar-refractivity contribution in [2.75, 3.05) is 13.1 Å². The molecule has 100 valence electrons. The summed E-state index contributed by atoms with van der Waals surface area (Å²) in [5.74, 6) is 0.732. The molecule has 0 aromatic carbocycles. The van der Waals surface area contributed by atoms with E-state index in [1.807, 2.05) is 4.90 Å². The van der Waals surface area contributed by atoms with E-state index >= 15 is 0 Å². The molecule has 1 heterocycles. The van der Waals surface area contributed by atoms with Crippen molar-refractivity contribution in [3.63, 3.8) is 0 Å². The van der Waals surface area contributed by atoms with Gasteiger partial charge in [0.15, 0.2) is 0 Å². The molecular formula is C14H23N3O. The zero-order valence-electron chi connectivity index (χ0n) is 11.2. The quantitative estimate of drug-likeness (QED) is 0.818. The lowest BCUT2D eigenvalue weighted by Crippen LogP contribution is -2.53. The third-order valence-corrected chi connectivity index (χ3v) is 4.49. The van der Waals surface area contributed by atoms with Gasteiger partial charge >= 0.3 is 6.03 Å². The van der Waals surface area contributed by atoms with Gasteiger partial charge in [-0.25, -0.2) is 4.79 Å². The number of nitrogens with one attached hydrogen (secondary N) is 1. The fraction of sp³-hybridized carbons (Fsp3) is 0.857. The topological polar surface area (TPSA) is 56.1 Å². The van der Waals surface area contributed by atoms with Gasteiger partial charge in [-0.15, -0.1) is 0 Å². The Labute approximate surface area is 109 Å². The molecule has 2 fully saturated rings. The van der Waals surface area contributed by atoms with Gasteiger partial charge in [-0.2, -0.15) is 5.26 Å². The maximum Gasteiger partial charge on any atom is 0.318 e. The monoisotopic (exact) mass is 249 g/mol. The molecule has 0 unspecified atom stereocenters. The van der Waals surface area contributed by atoms with E-state index in [-0.39, 0.29) is 6.03 Å². The van der Waals surface area contributed by atoms with Gasteiger partial charge in [0, 0.05) is 13.1 Å². The van der Waals surface area contributed by atoms with Crippen LogP contribution < -0.4 is 5.32 Å². The van der Waals surface area contributed by atoms with Crippen molar-refractivity contribution in [3.05, 3.63) is 0 Å². The zero-order chi connectivity index (χ0) is 13.0. The van der Waals surface area contributed by atoms with Crippen molar-refractivity contribution >= 4 is 6.03 Å². The first-order valence-electron chi connectivity index (χ1n) is 7.17. The molecule has 0 radical (unpaired) electrons. The largest absolute Gasteiger partial charge is 0.325 e. The molecule has 1 saturated carbocycles. The zero-order valence-corrected chi connectivity index (χ0v) is 11.2. The number of hydrogen-bond donors (Lipinski definition) is 1. The molecular weight excluding hydrogens is 226 g/mol. The van der Waals surface area contributed by atoms with Crippen molar-refractivity contribution in [2.24, 2.45) is 5.92 Å². The molecule has 1 saturated heterocycles. The Morgan fingerprint density at radius 3 is 2.50 bits per heavy atom. The van der Waals surface area contributed by atoms with Crippen molar-refractivity contribution in [3.8, 4) is 6.07 Å². The molecule has 0 atom stereocenters. The Hall–Kier alpha value is -1.24. The molecule has 0 aromatic heterocycles. The molecule has 1 N–H and O–H groups in total. The van der Waals surface area contributed by atoms with E-state index in [1.165, 1.54) is 6.42 Å². The molecule has 18 heavy (non-hydrogen) atoms. The second-order valence-electron chi connectivity index (χ2n) is 5.67. The van der Waals surface area contributed by atoms with Crippen LogP contribution in [0.4, 0.5) is 4.79 Å². The molecule has 2 rings (SSSR count). The minimum absolute atomic E-state index is 0.0380. The van der Waals surface area contributed by atoms with E-state index < -0.39 is 5.54 Å². The number of hydrogen-bond acceptors (Lipinski definition) is 2. The van der Waals surface area contributed by atoms with Crippen molar-refractivity contribution < 1.29 is 4.79 Å². The third-order valence-electron chi connectivity index (χ3n) is 4.49. The molecule has 0 aromatic rings. The van der Waals surface area contributed by atoms with Gasteiger partial charge in [0.05, 0.1) is 6.07 Å². The Morgan fingerprint density at radius 2 is 2.00 bits per heavy atom. The average molecular weight is 249 g/mol. The number of rotatable bonds is 2. The highest BCUT2D eigenvalue weighted by atomic mass is 16.2. The Kier molecular flexibility index (Phi) is 4.11. The van der Waals surface area contributed by atoms with E-state index in [4.69, 9.17) is 0 Å². The van der Waals surface area contributed by atoms with Crippen LogP contribution >= 0.6 is 0 Å². The predicted molar refractivity (Wildman–Crippen MR) is 69.9 cm³/mol. The number of nitriles is 1. The highest BCUT2D eigenvalue weighted by Crippen LogP contribution is 2.33. The molecule has 2 aliphatic rings. The van der Waals surface area contributed by atoms with Crippen LogP contribution in [-0.2, 0) is 0 Å². The highest BCUT2D eigenvalue weighted by Gasteiger charge is 2.37. The summed E-state index contributed by atoms with van der Waals surface area (Å²) >= 11 is 0. The maximum atomic E-state index is 12.1. The molecule has 0 bridgehead atoms. The van der Waals surface area contributed by atoms with Gasteiger partial charge in [0.2, 0.25) is 0 Å². The normalized spacial score (nSPS) is 32.0. The number of carbonyl (C=O) groups excluding carboxylic acids is 1. The van der Waals surface area contributed by atoms with Gasteiger partial charge < -0.3 is 10.2 Å². The lowest BCUT2D eigenvalue weighted by molar-refractivity contribution is 0.182. The Morgan fingerprint density at radius 1 is 1.39 bits per heavy atom. The minimum atomic E-state index is -0.606. The number of nitrogens with zero attached hydrogens (tertiary/aromatic N) is 2. The fourth-order valence-corrected chi connectivity index (χ4v) is 3.05. The summed E-state index contributed by atoms with van der Waals surface area (Å²) in [6, 6.07) is 2.32. The van der Waals surface area contributed by atoms with Crippen LogP contribution in [0.5, 0.6) is 0 Å². The van der Waals surface area contributed by atoms with Crippen LogP contribution in [0, 0.1) is 17.2 Å². The van der Waals surface area contributed by atoms with E-state index in [1.54, 1.807) is 0 Å². The van der Waals surface area contributed by atoms with Gasteiger partial charge in [0.1, 0.15) is 5.54 Å². The summed E-state index contributed by atoms with van der Waals surface area (Å²) in [5, 5.41) is 12.4. The molecule has 1 aliphatic heterocycles. The Bertz CT molecular complexity index is 333. The summed E-state index contributed by atoms with van der Waals surface area (Å²) in [6.45, 7) is 3.88. The summed E-state index contributed by atoms with van der Waals surface area (Å²) < 4.78 is 0. The Balaban J connectivity index is 1.92. The van der Waals surface area contributed by atoms with E-state index in [9.17, 15) is 10.1 Å². The number of urea groups is 1. The van der Waals surface area contributed by atoms with Crippen LogP contribution in [0.2, 0.25) is 0 Å². The van der Waals surface area contributed by atoms with Crippen LogP contribution in [0.25, 0.3) is 0 Å². The summed E-state index contributed by atoms with van der Waals surface area (Å²) in [7, 11) is 0. The molecule has 4 heteroatoms. The summed E-state index contributed by atoms with van der Waals surface area (Å²) in [4.78, 5) is 13.9. The smallest absolute Gasteiger partial charge is 0.318 e. The molecule has 1 aliphatic carbocycles. The first kappa shape index (κ1) is 13.2. The third kappa shape index (κ3) is 2.77. The second kappa shape index (κ2) is 5.60. The molecule has 2 amide bonds. The minimum Gasteiger partial charge on any atom is -0.325 e. The van der Waals surface area contributed by atoms with Crippen LogP contribution in [0.1, 0.15) is 51.9 Å². The second-order valence-corrected chi connectivity index (χ2v) is 5.67. The lowest BCUT2D eigenvalue weighted by atomic mass is 9.76. The van der Waals surface area contributed by atoms with Gasteiger partial charge in [0.25, 0.3) is 0 Å². The van der Waals surface area contributed by atoms with Gasteiger partial charge in [-0.1, -0.05) is 13.3 Å². The molecule has 0 spiro atoms. The number of likely N-dealkylation sites (tertiary alicyclic amines) is 1. The SMILES string of the molecule is CCC1CCC(C#N)(NC(=O)N2CCCC2)CC1. The standard InChI is InChI=1S/C14H23N3O/c1-2-12-5-7-14(11-15,8-6-12)16-13(18)17-9-3-4-10-17/h12H,2-10H2,1H3,(H,16,18). The van der Waals surface area contributed by atoms with Crippen molar-refractivity contribution in [2.45, 2.75) is 57.4 Å². The maximum absolute atomic E-state index is 12.1. The first-order valence-corrected chi connectivity index (χ1v) is 7.17. The predicted octanol–water partition coefficient (Wildman–Crippen LogP) is 2.65. The van der Waals surface area contributed by atoms with E-state index in [0.717, 1.165) is 57.5 Å². The fourth-order valence-electron chi connectivity index (χ4n) is 3.05. The van der Waals surface area contributed by atoms with Crippen LogP contribution in [-0.4, -0.2) is 29.6 Å². The summed E-state index contributed by atoms with van der Waals surface area (Å²) in [6.07, 6.45) is 7.09. The highest BCUT2D eigenvalue weighted by molar-refractivity contribution is 5.75. The van der Waals surface area contributed by atoms with E-state index in [0.29, 0.717) is 0 Å². The van der Waals surface area contributed by atoms with Crippen molar-refractivity contribution in [1.29, 1.82) is 5.26 Å². The summed E-state index contributed by atoms with van der Waals surface area (Å²) in [5.41, 5.74) is -0.606. The molecule has 4 nitrogen and oxygen atoms in total. The van der Waals surface area contributed by atoms with E-state index in [2.05, 4.69) is 18.3 Å². The van der Waals surface area contributed by atoms with Crippen LogP contribution in [0.15, 0.2) is 0 Å². The first-order chi connectivity index (χ1) is 8.69. The van der Waals surface area contributed by atoms with Crippen molar-refractivity contribution in [1.82, 2.24) is 10.2 Å². The lowest BCUT2D eigenvalue weighted by Gasteiger charge is -2.36. The number of amides is 2.